The Morgan fingerprint density at radius 3 is 2.17 bits per heavy atom. The molecule has 1 atom stereocenters. The third kappa shape index (κ3) is 1.84. The normalized spacial score (nSPS) is 13.8. The highest BCUT2D eigenvalue weighted by atomic mass is 16.4. The standard InChI is InChI=1S/C9H16N2O/c1-5-7(4)9-11-10-8(12-9)6(2)3/h6-7H,5H2,1-4H3. The van der Waals surface area contributed by atoms with Gasteiger partial charge in [0.05, 0.1) is 0 Å². The van der Waals surface area contributed by atoms with E-state index in [9.17, 15) is 0 Å². The predicted octanol–water partition coefficient (Wildman–Crippen LogP) is 2.71. The van der Waals surface area contributed by atoms with Gasteiger partial charge < -0.3 is 4.42 Å². The molecular formula is C9H16N2O. The van der Waals surface area contributed by atoms with Gasteiger partial charge in [0.25, 0.3) is 0 Å². The minimum Gasteiger partial charge on any atom is -0.425 e. The minimum atomic E-state index is 0.329. The van der Waals surface area contributed by atoms with Crippen LogP contribution in [-0.4, -0.2) is 10.2 Å². The van der Waals surface area contributed by atoms with Crippen molar-refractivity contribution in [2.45, 2.75) is 46.0 Å². The van der Waals surface area contributed by atoms with E-state index in [0.29, 0.717) is 11.8 Å². The number of nitrogens with zero attached hydrogens (tertiary/aromatic N) is 2. The maximum atomic E-state index is 5.48. The summed E-state index contributed by atoms with van der Waals surface area (Å²) < 4.78 is 5.48. The van der Waals surface area contributed by atoms with Gasteiger partial charge in [-0.15, -0.1) is 10.2 Å². The first-order chi connectivity index (χ1) is 5.65. The van der Waals surface area contributed by atoms with E-state index in [1.165, 1.54) is 0 Å². The first kappa shape index (κ1) is 9.23. The summed E-state index contributed by atoms with van der Waals surface area (Å²) in [4.78, 5) is 0. The van der Waals surface area contributed by atoms with Crippen molar-refractivity contribution in [1.82, 2.24) is 10.2 Å². The van der Waals surface area contributed by atoms with Gasteiger partial charge in [-0.25, -0.2) is 0 Å². The number of rotatable bonds is 3. The van der Waals surface area contributed by atoms with Gasteiger partial charge in [-0.05, 0) is 6.42 Å². The highest BCUT2D eigenvalue weighted by Crippen LogP contribution is 2.19. The monoisotopic (exact) mass is 168 g/mol. The highest BCUT2D eigenvalue weighted by molar-refractivity contribution is 4.91. The molecular weight excluding hydrogens is 152 g/mol. The zero-order valence-electron chi connectivity index (χ0n) is 8.16. The van der Waals surface area contributed by atoms with Crippen molar-refractivity contribution in [1.29, 1.82) is 0 Å². The fourth-order valence-electron chi connectivity index (χ4n) is 0.854. The topological polar surface area (TPSA) is 38.9 Å². The summed E-state index contributed by atoms with van der Waals surface area (Å²) in [7, 11) is 0. The van der Waals surface area contributed by atoms with Gasteiger partial charge in [-0.1, -0.05) is 27.7 Å². The molecule has 0 fully saturated rings. The molecule has 0 bridgehead atoms. The second kappa shape index (κ2) is 3.70. The van der Waals surface area contributed by atoms with E-state index in [4.69, 9.17) is 4.42 Å². The van der Waals surface area contributed by atoms with Crippen molar-refractivity contribution in [3.8, 4) is 0 Å². The third-order valence-electron chi connectivity index (χ3n) is 1.98. The lowest BCUT2D eigenvalue weighted by atomic mass is 10.1. The molecule has 0 radical (unpaired) electrons. The molecule has 0 aliphatic rings. The van der Waals surface area contributed by atoms with E-state index in [1.807, 2.05) is 13.8 Å². The van der Waals surface area contributed by atoms with Crippen molar-refractivity contribution in [2.75, 3.05) is 0 Å². The Balaban J connectivity index is 2.77. The molecule has 0 spiro atoms. The molecule has 0 aromatic carbocycles. The molecule has 68 valence electrons. The van der Waals surface area contributed by atoms with E-state index in [-0.39, 0.29) is 0 Å². The van der Waals surface area contributed by atoms with Crippen LogP contribution in [-0.2, 0) is 0 Å². The molecule has 0 N–H and O–H groups in total. The van der Waals surface area contributed by atoms with Crippen LogP contribution in [0.3, 0.4) is 0 Å². The van der Waals surface area contributed by atoms with Gasteiger partial charge in [0.15, 0.2) is 0 Å². The summed E-state index contributed by atoms with van der Waals surface area (Å²) in [5, 5.41) is 7.96. The molecule has 12 heavy (non-hydrogen) atoms. The molecule has 0 aliphatic heterocycles. The van der Waals surface area contributed by atoms with E-state index < -0.39 is 0 Å². The van der Waals surface area contributed by atoms with E-state index in [0.717, 1.165) is 18.2 Å². The predicted molar refractivity (Wildman–Crippen MR) is 47.1 cm³/mol. The second-order valence-electron chi connectivity index (χ2n) is 3.44. The van der Waals surface area contributed by atoms with Crippen molar-refractivity contribution in [3.63, 3.8) is 0 Å². The van der Waals surface area contributed by atoms with E-state index in [2.05, 4.69) is 24.0 Å². The summed E-state index contributed by atoms with van der Waals surface area (Å²) in [6, 6.07) is 0. The van der Waals surface area contributed by atoms with Crippen LogP contribution in [0.1, 0.15) is 57.7 Å². The molecule has 0 saturated heterocycles. The fourth-order valence-corrected chi connectivity index (χ4v) is 0.854. The summed E-state index contributed by atoms with van der Waals surface area (Å²) in [5.74, 6) is 2.21. The average Bonchev–Trinajstić information content (AvgIpc) is 2.51. The summed E-state index contributed by atoms with van der Waals surface area (Å²) in [5.41, 5.74) is 0. The van der Waals surface area contributed by atoms with Crippen LogP contribution in [0.25, 0.3) is 0 Å². The molecule has 0 saturated carbocycles. The Bertz CT molecular complexity index is 242. The fraction of sp³-hybridized carbons (Fsp3) is 0.778. The van der Waals surface area contributed by atoms with Gasteiger partial charge in [-0.3, -0.25) is 0 Å². The minimum absolute atomic E-state index is 0.329. The van der Waals surface area contributed by atoms with Crippen molar-refractivity contribution < 1.29 is 4.42 Å². The Morgan fingerprint density at radius 1 is 1.17 bits per heavy atom. The number of aromatic nitrogens is 2. The Morgan fingerprint density at radius 2 is 1.75 bits per heavy atom. The van der Waals surface area contributed by atoms with Gasteiger partial charge in [0.2, 0.25) is 11.8 Å². The summed E-state index contributed by atoms with van der Waals surface area (Å²) >= 11 is 0. The third-order valence-corrected chi connectivity index (χ3v) is 1.98. The molecule has 1 heterocycles. The zero-order chi connectivity index (χ0) is 9.14. The van der Waals surface area contributed by atoms with E-state index in [1.54, 1.807) is 0 Å². The van der Waals surface area contributed by atoms with Crippen LogP contribution in [0.2, 0.25) is 0 Å². The second-order valence-corrected chi connectivity index (χ2v) is 3.44. The van der Waals surface area contributed by atoms with Crippen molar-refractivity contribution in [3.05, 3.63) is 11.8 Å². The Hall–Kier alpha value is -0.860. The van der Waals surface area contributed by atoms with Gasteiger partial charge in [0.1, 0.15) is 0 Å². The van der Waals surface area contributed by atoms with Gasteiger partial charge in [-0.2, -0.15) is 0 Å². The Labute approximate surface area is 73.2 Å². The molecule has 1 unspecified atom stereocenters. The number of hydrogen-bond acceptors (Lipinski definition) is 3. The van der Waals surface area contributed by atoms with Crippen molar-refractivity contribution in [2.24, 2.45) is 0 Å². The molecule has 3 heteroatoms. The van der Waals surface area contributed by atoms with Crippen LogP contribution < -0.4 is 0 Å². The lowest BCUT2D eigenvalue weighted by Crippen LogP contribution is -1.90. The maximum absolute atomic E-state index is 5.48. The zero-order valence-corrected chi connectivity index (χ0v) is 8.16. The molecule has 1 aromatic rings. The number of hydrogen-bond donors (Lipinski definition) is 0. The first-order valence-electron chi connectivity index (χ1n) is 4.48. The quantitative estimate of drug-likeness (QED) is 0.696. The van der Waals surface area contributed by atoms with Crippen LogP contribution in [0, 0.1) is 0 Å². The highest BCUT2D eigenvalue weighted by Gasteiger charge is 2.13. The molecule has 1 aromatic heterocycles. The lowest BCUT2D eigenvalue weighted by molar-refractivity contribution is 0.406. The summed E-state index contributed by atoms with van der Waals surface area (Å²) in [6.07, 6.45) is 1.04. The van der Waals surface area contributed by atoms with Crippen molar-refractivity contribution >= 4 is 0 Å². The Kier molecular flexibility index (Phi) is 2.84. The van der Waals surface area contributed by atoms with Crippen LogP contribution in [0.15, 0.2) is 4.42 Å². The maximum Gasteiger partial charge on any atom is 0.219 e. The molecule has 0 aliphatic carbocycles. The average molecular weight is 168 g/mol. The molecule has 1 rings (SSSR count). The molecule has 0 amide bonds. The smallest absolute Gasteiger partial charge is 0.219 e. The molecule has 3 nitrogen and oxygen atoms in total. The van der Waals surface area contributed by atoms with Crippen LogP contribution in [0.5, 0.6) is 0 Å². The van der Waals surface area contributed by atoms with Gasteiger partial charge >= 0.3 is 0 Å². The largest absolute Gasteiger partial charge is 0.425 e. The first-order valence-corrected chi connectivity index (χ1v) is 4.48. The SMILES string of the molecule is CCC(C)c1nnc(C(C)C)o1. The van der Waals surface area contributed by atoms with Crippen LogP contribution in [0.4, 0.5) is 0 Å². The lowest BCUT2D eigenvalue weighted by Gasteiger charge is -2.00. The van der Waals surface area contributed by atoms with Gasteiger partial charge in [0, 0.05) is 11.8 Å². The van der Waals surface area contributed by atoms with Crippen LogP contribution >= 0.6 is 0 Å². The van der Waals surface area contributed by atoms with E-state index >= 15 is 0 Å². The summed E-state index contributed by atoms with van der Waals surface area (Å²) in [6.45, 7) is 8.31.